The molecule has 0 saturated carbocycles. The van der Waals surface area contributed by atoms with Gasteiger partial charge in [0.25, 0.3) is 5.91 Å². The first kappa shape index (κ1) is 19.5. The smallest absolute Gasteiger partial charge is 0.274 e. The highest BCUT2D eigenvalue weighted by molar-refractivity contribution is 7.09. The molecule has 6 heteroatoms. The molecule has 0 aliphatic heterocycles. The molecule has 0 fully saturated rings. The number of benzene rings is 2. The van der Waals surface area contributed by atoms with Crippen LogP contribution in [-0.4, -0.2) is 20.9 Å². The van der Waals surface area contributed by atoms with Crippen LogP contribution in [0.25, 0.3) is 21.8 Å². The molecule has 5 rings (SSSR count). The molecule has 0 saturated heterocycles. The molecular formula is C25H22N4OS. The summed E-state index contributed by atoms with van der Waals surface area (Å²) in [4.78, 5) is 25.9. The highest BCUT2D eigenvalue weighted by atomic mass is 32.1. The van der Waals surface area contributed by atoms with Gasteiger partial charge >= 0.3 is 0 Å². The Morgan fingerprint density at radius 1 is 1.03 bits per heavy atom. The summed E-state index contributed by atoms with van der Waals surface area (Å²) in [5.74, 6) is -0.194. The standard InChI is InChI=1S/C25H22N4OS/c1-15-6-5-7-16(2)23(15)29-25(30)21-14-18-17-8-3-4-9-19(17)28-24(18)20(27-21)10-11-22-26-12-13-31-22/h3-9,12-14,28H,10-11H2,1-2H3,(H,29,30). The number of hydrogen-bond donors (Lipinski definition) is 2. The normalized spacial score (nSPS) is 11.3. The number of thiazole rings is 1. The Balaban J connectivity index is 1.58. The van der Waals surface area contributed by atoms with Crippen molar-refractivity contribution in [2.24, 2.45) is 0 Å². The van der Waals surface area contributed by atoms with Crippen LogP contribution in [0.15, 0.2) is 60.1 Å². The van der Waals surface area contributed by atoms with E-state index in [4.69, 9.17) is 4.98 Å². The molecule has 3 heterocycles. The molecule has 1 amide bonds. The lowest BCUT2D eigenvalue weighted by Gasteiger charge is -2.12. The van der Waals surface area contributed by atoms with Crippen molar-refractivity contribution < 1.29 is 4.79 Å². The van der Waals surface area contributed by atoms with Crippen LogP contribution in [-0.2, 0) is 12.8 Å². The van der Waals surface area contributed by atoms with E-state index in [9.17, 15) is 4.79 Å². The molecule has 3 aromatic heterocycles. The minimum Gasteiger partial charge on any atom is -0.353 e. The minimum absolute atomic E-state index is 0.194. The van der Waals surface area contributed by atoms with E-state index in [2.05, 4.69) is 27.4 Å². The van der Waals surface area contributed by atoms with Crippen LogP contribution in [0.1, 0.15) is 32.3 Å². The maximum Gasteiger partial charge on any atom is 0.274 e. The molecule has 5 aromatic rings. The van der Waals surface area contributed by atoms with Gasteiger partial charge in [-0.3, -0.25) is 4.79 Å². The van der Waals surface area contributed by atoms with Crippen LogP contribution in [0.3, 0.4) is 0 Å². The maximum atomic E-state index is 13.2. The summed E-state index contributed by atoms with van der Waals surface area (Å²) in [5, 5.41) is 8.24. The van der Waals surface area contributed by atoms with Crippen molar-refractivity contribution >= 4 is 44.7 Å². The molecule has 31 heavy (non-hydrogen) atoms. The number of anilines is 1. The third-order valence-corrected chi connectivity index (χ3v) is 6.42. The van der Waals surface area contributed by atoms with Gasteiger partial charge in [-0.25, -0.2) is 9.97 Å². The van der Waals surface area contributed by atoms with Gasteiger partial charge in [0.15, 0.2) is 0 Å². The van der Waals surface area contributed by atoms with E-state index in [1.807, 2.05) is 61.8 Å². The largest absolute Gasteiger partial charge is 0.353 e. The monoisotopic (exact) mass is 426 g/mol. The second kappa shape index (κ2) is 7.96. The number of fused-ring (bicyclic) bond motifs is 3. The quantitative estimate of drug-likeness (QED) is 0.372. The van der Waals surface area contributed by atoms with E-state index in [1.54, 1.807) is 11.3 Å². The van der Waals surface area contributed by atoms with Crippen LogP contribution in [0.2, 0.25) is 0 Å². The molecule has 0 aliphatic carbocycles. The molecular weight excluding hydrogens is 404 g/mol. The van der Waals surface area contributed by atoms with Gasteiger partial charge in [-0.05, 0) is 43.5 Å². The molecule has 0 radical (unpaired) electrons. The number of pyridine rings is 1. The number of nitrogens with one attached hydrogen (secondary N) is 2. The number of nitrogens with zero attached hydrogens (tertiary/aromatic N) is 2. The number of H-pyrrole nitrogens is 1. The van der Waals surface area contributed by atoms with E-state index in [-0.39, 0.29) is 5.91 Å². The number of hydrogen-bond acceptors (Lipinski definition) is 4. The topological polar surface area (TPSA) is 70.7 Å². The summed E-state index contributed by atoms with van der Waals surface area (Å²) in [6, 6.07) is 16.0. The number of aromatic amines is 1. The van der Waals surface area contributed by atoms with E-state index in [1.165, 1.54) is 0 Å². The lowest BCUT2D eigenvalue weighted by atomic mass is 10.1. The first-order valence-corrected chi connectivity index (χ1v) is 11.1. The van der Waals surface area contributed by atoms with E-state index in [0.717, 1.165) is 55.7 Å². The lowest BCUT2D eigenvalue weighted by molar-refractivity contribution is 0.102. The van der Waals surface area contributed by atoms with Gasteiger partial charge in [-0.1, -0.05) is 36.4 Å². The molecule has 2 N–H and O–H groups in total. The Morgan fingerprint density at radius 2 is 1.84 bits per heavy atom. The number of rotatable bonds is 5. The third-order valence-electron chi connectivity index (χ3n) is 5.58. The van der Waals surface area contributed by atoms with Crippen molar-refractivity contribution in [2.45, 2.75) is 26.7 Å². The highest BCUT2D eigenvalue weighted by Crippen LogP contribution is 2.29. The SMILES string of the molecule is Cc1cccc(C)c1NC(=O)c1cc2c([nH]c3ccccc32)c(CCc2nccs2)n1. The Morgan fingerprint density at radius 3 is 2.61 bits per heavy atom. The molecule has 0 unspecified atom stereocenters. The zero-order valence-electron chi connectivity index (χ0n) is 17.4. The summed E-state index contributed by atoms with van der Waals surface area (Å²) in [6.45, 7) is 4.00. The number of aryl methyl sites for hydroxylation is 4. The fourth-order valence-electron chi connectivity index (χ4n) is 4.00. The molecule has 154 valence electrons. The zero-order valence-corrected chi connectivity index (χ0v) is 18.2. The number of carbonyl (C=O) groups is 1. The van der Waals surface area contributed by atoms with Crippen molar-refractivity contribution in [1.82, 2.24) is 15.0 Å². The number of para-hydroxylation sites is 2. The summed E-state index contributed by atoms with van der Waals surface area (Å²) in [6.07, 6.45) is 3.32. The predicted molar refractivity (Wildman–Crippen MR) is 127 cm³/mol. The first-order chi connectivity index (χ1) is 15.1. The predicted octanol–water partition coefficient (Wildman–Crippen LogP) is 5.83. The van der Waals surface area contributed by atoms with Crippen molar-refractivity contribution in [3.63, 3.8) is 0 Å². The van der Waals surface area contributed by atoms with Gasteiger partial charge in [0.1, 0.15) is 5.69 Å². The van der Waals surface area contributed by atoms with Crippen LogP contribution in [0, 0.1) is 13.8 Å². The van der Waals surface area contributed by atoms with Crippen LogP contribution in [0.4, 0.5) is 5.69 Å². The Kier molecular flexibility index (Phi) is 5.00. The highest BCUT2D eigenvalue weighted by Gasteiger charge is 2.17. The summed E-state index contributed by atoms with van der Waals surface area (Å²) in [5.41, 5.74) is 6.25. The molecule has 0 atom stereocenters. The van der Waals surface area contributed by atoms with Crippen molar-refractivity contribution in [3.8, 4) is 0 Å². The van der Waals surface area contributed by atoms with Crippen molar-refractivity contribution in [3.05, 3.63) is 87.6 Å². The fourth-order valence-corrected chi connectivity index (χ4v) is 4.62. The van der Waals surface area contributed by atoms with Crippen LogP contribution in [0.5, 0.6) is 0 Å². The Labute approximate surface area is 184 Å². The zero-order chi connectivity index (χ0) is 21.4. The second-order valence-corrected chi connectivity index (χ2v) is 8.67. The molecule has 5 nitrogen and oxygen atoms in total. The van der Waals surface area contributed by atoms with E-state index < -0.39 is 0 Å². The summed E-state index contributed by atoms with van der Waals surface area (Å²) >= 11 is 1.64. The molecule has 0 aliphatic rings. The first-order valence-electron chi connectivity index (χ1n) is 10.3. The average Bonchev–Trinajstić information content (AvgIpc) is 3.42. The molecule has 0 spiro atoms. The lowest BCUT2D eigenvalue weighted by Crippen LogP contribution is -2.16. The molecule has 0 bridgehead atoms. The minimum atomic E-state index is -0.194. The van der Waals surface area contributed by atoms with Gasteiger partial charge in [0.05, 0.1) is 16.2 Å². The van der Waals surface area contributed by atoms with E-state index in [0.29, 0.717) is 12.1 Å². The molecule has 2 aromatic carbocycles. The number of amides is 1. The van der Waals surface area contributed by atoms with Crippen molar-refractivity contribution in [1.29, 1.82) is 0 Å². The van der Waals surface area contributed by atoms with Gasteiger partial charge in [-0.2, -0.15) is 0 Å². The van der Waals surface area contributed by atoms with Gasteiger partial charge in [0, 0.05) is 40.0 Å². The average molecular weight is 427 g/mol. The van der Waals surface area contributed by atoms with Gasteiger partial charge in [-0.15, -0.1) is 11.3 Å². The van der Waals surface area contributed by atoms with E-state index >= 15 is 0 Å². The Bertz CT molecular complexity index is 1380. The Hall–Kier alpha value is -3.51. The summed E-state index contributed by atoms with van der Waals surface area (Å²) in [7, 11) is 0. The summed E-state index contributed by atoms with van der Waals surface area (Å²) < 4.78 is 0. The van der Waals surface area contributed by atoms with Gasteiger partial charge in [0.2, 0.25) is 0 Å². The van der Waals surface area contributed by atoms with Crippen molar-refractivity contribution in [2.75, 3.05) is 5.32 Å². The maximum absolute atomic E-state index is 13.2. The van der Waals surface area contributed by atoms with Crippen LogP contribution >= 0.6 is 11.3 Å². The van der Waals surface area contributed by atoms with Crippen LogP contribution < -0.4 is 5.32 Å². The number of aromatic nitrogens is 3. The fraction of sp³-hybridized carbons (Fsp3) is 0.160. The number of carbonyl (C=O) groups excluding carboxylic acids is 1. The van der Waals surface area contributed by atoms with Gasteiger partial charge < -0.3 is 10.3 Å². The second-order valence-electron chi connectivity index (χ2n) is 7.69. The third kappa shape index (κ3) is 3.70.